The van der Waals surface area contributed by atoms with Crippen LogP contribution in [-0.2, 0) is 0 Å². The Morgan fingerprint density at radius 3 is 1.60 bits per heavy atom. The van der Waals surface area contributed by atoms with Gasteiger partial charge in [0.25, 0.3) is 0 Å². The summed E-state index contributed by atoms with van der Waals surface area (Å²) in [5.74, 6) is 0. The third kappa shape index (κ3) is 9.61. The summed E-state index contributed by atoms with van der Waals surface area (Å²) in [6.45, 7) is 0. The molecular formula is C5H6N2O3. The van der Waals surface area contributed by atoms with Crippen molar-refractivity contribution in [1.82, 2.24) is 0 Å². The molecule has 1 heterocycles. The maximum absolute atomic E-state index is 8.25. The first kappa shape index (κ1) is 8.35. The summed E-state index contributed by atoms with van der Waals surface area (Å²) >= 11 is 0. The van der Waals surface area contributed by atoms with Crippen molar-refractivity contribution in [3.8, 4) is 0 Å². The Kier molecular flexibility index (Phi) is 4.58. The molecule has 0 unspecified atom stereocenters. The van der Waals surface area contributed by atoms with Crippen molar-refractivity contribution in [1.29, 1.82) is 0 Å². The molecule has 0 aliphatic rings. The van der Waals surface area contributed by atoms with Crippen molar-refractivity contribution >= 4 is 0 Å². The molecule has 0 aromatic carbocycles. The molecule has 1 N–H and O–H groups in total. The van der Waals surface area contributed by atoms with Gasteiger partial charge in [0, 0.05) is 12.1 Å². The monoisotopic (exact) mass is 142 g/mol. The minimum Gasteiger partial charge on any atom is -0.356 e. The summed E-state index contributed by atoms with van der Waals surface area (Å²) in [5, 5.41) is 14.8. The first-order valence-corrected chi connectivity index (χ1v) is 2.46. The van der Waals surface area contributed by atoms with Gasteiger partial charge in [-0.05, 0) is 0 Å². The standard InChI is InChI=1S/C5H5N.NO3/c1-2-4-6-5-3-1;2-1(3)4/h1-5H;/q;-1/p+1. The largest absolute Gasteiger partial charge is 0.356 e. The molecule has 54 valence electrons. The van der Waals surface area contributed by atoms with Crippen LogP contribution in [-0.4, -0.2) is 5.09 Å². The van der Waals surface area contributed by atoms with Crippen LogP contribution in [0.4, 0.5) is 0 Å². The summed E-state index contributed by atoms with van der Waals surface area (Å²) in [6, 6.07) is 5.86. The maximum Gasteiger partial charge on any atom is 0.166 e. The van der Waals surface area contributed by atoms with E-state index in [0.717, 1.165) is 0 Å². The highest BCUT2D eigenvalue weighted by Crippen LogP contribution is 1.68. The summed E-state index contributed by atoms with van der Waals surface area (Å²) < 4.78 is 0. The fourth-order valence-electron chi connectivity index (χ4n) is 0.342. The first-order chi connectivity index (χ1) is 4.73. The zero-order valence-corrected chi connectivity index (χ0v) is 5.06. The number of hydrogen-bond acceptors (Lipinski definition) is 3. The number of hydrogen-bond donors (Lipinski definition) is 0. The molecule has 0 bridgehead atoms. The highest BCUT2D eigenvalue weighted by Gasteiger charge is 1.65. The van der Waals surface area contributed by atoms with Crippen LogP contribution in [0.2, 0.25) is 0 Å². The first-order valence-electron chi connectivity index (χ1n) is 2.46. The van der Waals surface area contributed by atoms with E-state index in [4.69, 9.17) is 15.3 Å². The van der Waals surface area contributed by atoms with Gasteiger partial charge < -0.3 is 15.3 Å². The van der Waals surface area contributed by atoms with Gasteiger partial charge in [0.2, 0.25) is 0 Å². The number of pyridine rings is 1. The Morgan fingerprint density at radius 1 is 1.10 bits per heavy atom. The summed E-state index contributed by atoms with van der Waals surface area (Å²) in [7, 11) is 0. The SMILES string of the molecule is O=[N+]([O-])[O-].c1cc[nH+]cc1. The third-order valence-corrected chi connectivity index (χ3v) is 0.607. The van der Waals surface area contributed by atoms with Crippen LogP contribution in [0.5, 0.6) is 0 Å². The predicted molar refractivity (Wildman–Crippen MR) is 33.4 cm³/mol. The molecule has 0 amide bonds. The van der Waals surface area contributed by atoms with Crippen LogP contribution in [0.15, 0.2) is 30.6 Å². The van der Waals surface area contributed by atoms with E-state index in [9.17, 15) is 0 Å². The van der Waals surface area contributed by atoms with Crippen molar-refractivity contribution < 1.29 is 10.1 Å². The fourth-order valence-corrected chi connectivity index (χ4v) is 0.342. The van der Waals surface area contributed by atoms with Gasteiger partial charge in [-0.1, -0.05) is 6.07 Å². The molecule has 0 radical (unpaired) electrons. The van der Waals surface area contributed by atoms with E-state index in [2.05, 4.69) is 4.98 Å². The van der Waals surface area contributed by atoms with Crippen molar-refractivity contribution in [3.05, 3.63) is 45.9 Å². The van der Waals surface area contributed by atoms with E-state index in [1.165, 1.54) is 0 Å². The second kappa shape index (κ2) is 5.49. The molecule has 0 atom stereocenters. The lowest BCUT2D eigenvalue weighted by Crippen LogP contribution is -1.93. The molecular weight excluding hydrogens is 136 g/mol. The zero-order chi connectivity index (χ0) is 7.82. The molecule has 5 nitrogen and oxygen atoms in total. The van der Waals surface area contributed by atoms with Gasteiger partial charge in [-0.2, -0.15) is 0 Å². The Balaban J connectivity index is 0.000000180. The molecule has 0 saturated carbocycles. The molecule has 0 spiro atoms. The third-order valence-electron chi connectivity index (χ3n) is 0.607. The highest BCUT2D eigenvalue weighted by molar-refractivity contribution is 4.82. The van der Waals surface area contributed by atoms with E-state index in [1.54, 1.807) is 0 Å². The Morgan fingerprint density at radius 2 is 1.50 bits per heavy atom. The maximum atomic E-state index is 8.25. The lowest BCUT2D eigenvalue weighted by molar-refractivity contribution is -0.402. The quantitative estimate of drug-likeness (QED) is 0.385. The summed E-state index contributed by atoms with van der Waals surface area (Å²) in [6.07, 6.45) is 3.75. The predicted octanol–water partition coefficient (Wildman–Crippen LogP) is 0.262. The molecule has 0 aliphatic heterocycles. The van der Waals surface area contributed by atoms with Gasteiger partial charge >= 0.3 is 0 Å². The number of nitrogens with zero attached hydrogens (tertiary/aromatic N) is 1. The molecule has 5 heteroatoms. The van der Waals surface area contributed by atoms with Gasteiger partial charge in [-0.15, -0.1) is 0 Å². The fraction of sp³-hybridized carbons (Fsp3) is 0. The van der Waals surface area contributed by atoms with Crippen LogP contribution in [0.1, 0.15) is 0 Å². The van der Waals surface area contributed by atoms with Crippen LogP contribution < -0.4 is 4.98 Å². The van der Waals surface area contributed by atoms with Gasteiger partial charge in [0.15, 0.2) is 12.4 Å². The Labute approximate surface area is 57.1 Å². The van der Waals surface area contributed by atoms with Crippen LogP contribution in [0, 0.1) is 15.3 Å². The molecule has 0 fully saturated rings. The van der Waals surface area contributed by atoms with Crippen LogP contribution >= 0.6 is 0 Å². The van der Waals surface area contributed by atoms with E-state index < -0.39 is 5.09 Å². The Bertz CT molecular complexity index is 147. The van der Waals surface area contributed by atoms with Crippen molar-refractivity contribution in [3.63, 3.8) is 0 Å². The average molecular weight is 142 g/mol. The lowest BCUT2D eigenvalue weighted by Gasteiger charge is -1.74. The number of rotatable bonds is 0. The van der Waals surface area contributed by atoms with E-state index >= 15 is 0 Å². The number of nitrogens with one attached hydrogen (secondary N) is 1. The number of H-pyrrole nitrogens is 1. The topological polar surface area (TPSA) is 80.3 Å². The van der Waals surface area contributed by atoms with Crippen molar-refractivity contribution in [2.45, 2.75) is 0 Å². The number of aromatic nitrogens is 1. The van der Waals surface area contributed by atoms with Gasteiger partial charge in [-0.25, -0.2) is 4.98 Å². The minimum atomic E-state index is -1.75. The number of aromatic amines is 1. The van der Waals surface area contributed by atoms with E-state index in [0.29, 0.717) is 0 Å². The molecule has 1 aromatic rings. The van der Waals surface area contributed by atoms with E-state index in [-0.39, 0.29) is 0 Å². The molecule has 1 aromatic heterocycles. The summed E-state index contributed by atoms with van der Waals surface area (Å²) in [4.78, 5) is 11.1. The zero-order valence-electron chi connectivity index (χ0n) is 5.06. The van der Waals surface area contributed by atoms with Gasteiger partial charge in [0.05, 0.1) is 5.09 Å². The van der Waals surface area contributed by atoms with E-state index in [1.807, 2.05) is 30.6 Å². The van der Waals surface area contributed by atoms with Crippen LogP contribution in [0.25, 0.3) is 0 Å². The lowest BCUT2D eigenvalue weighted by atomic mass is 10.5. The smallest absolute Gasteiger partial charge is 0.166 e. The van der Waals surface area contributed by atoms with Gasteiger partial charge in [0.1, 0.15) is 0 Å². The van der Waals surface area contributed by atoms with Crippen LogP contribution in [0.3, 0.4) is 0 Å². The molecule has 0 aliphatic carbocycles. The Hall–Kier alpha value is -1.65. The second-order valence-electron chi connectivity index (χ2n) is 1.30. The van der Waals surface area contributed by atoms with Crippen molar-refractivity contribution in [2.24, 2.45) is 0 Å². The van der Waals surface area contributed by atoms with Gasteiger partial charge in [-0.3, -0.25) is 0 Å². The molecule has 0 saturated heterocycles. The second-order valence-corrected chi connectivity index (χ2v) is 1.30. The van der Waals surface area contributed by atoms with Crippen molar-refractivity contribution in [2.75, 3.05) is 0 Å². The minimum absolute atomic E-state index is 1.75. The normalized spacial score (nSPS) is 7.20. The summed E-state index contributed by atoms with van der Waals surface area (Å²) in [5.41, 5.74) is 0. The average Bonchev–Trinajstić information content (AvgIpc) is 1.90. The highest BCUT2D eigenvalue weighted by atomic mass is 16.9. The molecule has 1 rings (SSSR count). The molecule has 10 heavy (non-hydrogen) atoms.